The second kappa shape index (κ2) is 5.49. The number of carbonyl (C=O) groups is 2. The summed E-state index contributed by atoms with van der Waals surface area (Å²) in [5.41, 5.74) is 0.281. The third-order valence-corrected chi connectivity index (χ3v) is 4.26. The first-order valence-corrected chi connectivity index (χ1v) is 7.26. The van der Waals surface area contributed by atoms with E-state index < -0.39 is 12.1 Å². The Hall–Kier alpha value is -1.47. The minimum absolute atomic E-state index is 0.0660. The highest BCUT2D eigenvalue weighted by atomic mass is 32.1. The maximum absolute atomic E-state index is 12.3. The topological polar surface area (TPSA) is 79.7 Å². The Balaban J connectivity index is 2.11. The van der Waals surface area contributed by atoms with Gasteiger partial charge in [0.15, 0.2) is 6.10 Å². The lowest BCUT2D eigenvalue weighted by Crippen LogP contribution is -2.48. The van der Waals surface area contributed by atoms with Gasteiger partial charge in [-0.25, -0.2) is 9.78 Å². The van der Waals surface area contributed by atoms with E-state index in [1.54, 1.807) is 5.38 Å². The Bertz CT molecular complexity index is 521. The largest absolute Gasteiger partial charge is 0.479 e. The molecule has 1 N–H and O–H groups in total. The van der Waals surface area contributed by atoms with E-state index in [-0.39, 0.29) is 24.5 Å². The van der Waals surface area contributed by atoms with Crippen LogP contribution in [0.25, 0.3) is 0 Å². The molecule has 110 valence electrons. The first kappa shape index (κ1) is 14.9. The number of hydrogen-bond acceptors (Lipinski definition) is 5. The van der Waals surface area contributed by atoms with Crippen LogP contribution in [-0.4, -0.2) is 52.7 Å². The van der Waals surface area contributed by atoms with E-state index in [9.17, 15) is 9.59 Å². The SMILES string of the molecule is CC(C)(C)c1nc(C(=O)N2CCOC(C(=O)O)C2)cs1. The van der Waals surface area contributed by atoms with Gasteiger partial charge in [0.1, 0.15) is 5.69 Å². The van der Waals surface area contributed by atoms with Crippen LogP contribution in [-0.2, 0) is 14.9 Å². The lowest BCUT2D eigenvalue weighted by Gasteiger charge is -2.30. The van der Waals surface area contributed by atoms with E-state index in [0.29, 0.717) is 12.2 Å². The maximum atomic E-state index is 12.3. The number of carboxylic acid groups (broad SMARTS) is 1. The van der Waals surface area contributed by atoms with Gasteiger partial charge in [0.2, 0.25) is 0 Å². The van der Waals surface area contributed by atoms with Crippen LogP contribution < -0.4 is 0 Å². The number of nitrogens with zero attached hydrogens (tertiary/aromatic N) is 2. The number of thiazole rings is 1. The number of morpholine rings is 1. The van der Waals surface area contributed by atoms with Crippen LogP contribution in [0.3, 0.4) is 0 Å². The van der Waals surface area contributed by atoms with Crippen molar-refractivity contribution in [1.29, 1.82) is 0 Å². The molecule has 1 saturated heterocycles. The fourth-order valence-corrected chi connectivity index (χ4v) is 2.74. The first-order chi connectivity index (χ1) is 9.29. The van der Waals surface area contributed by atoms with Crippen molar-refractivity contribution in [2.75, 3.05) is 19.7 Å². The van der Waals surface area contributed by atoms with Crippen molar-refractivity contribution in [1.82, 2.24) is 9.88 Å². The van der Waals surface area contributed by atoms with Crippen molar-refractivity contribution in [2.24, 2.45) is 0 Å². The first-order valence-electron chi connectivity index (χ1n) is 6.38. The van der Waals surface area contributed by atoms with Crippen molar-refractivity contribution in [3.05, 3.63) is 16.1 Å². The summed E-state index contributed by atoms with van der Waals surface area (Å²) in [5, 5.41) is 11.6. The predicted molar refractivity (Wildman–Crippen MR) is 74.1 cm³/mol. The van der Waals surface area contributed by atoms with Crippen LogP contribution in [0.2, 0.25) is 0 Å². The molecule has 2 rings (SSSR count). The average molecular weight is 298 g/mol. The molecule has 1 unspecified atom stereocenters. The molecule has 1 fully saturated rings. The third kappa shape index (κ3) is 3.16. The zero-order valence-electron chi connectivity index (χ0n) is 11.8. The zero-order chi connectivity index (χ0) is 14.9. The van der Waals surface area contributed by atoms with Crippen molar-refractivity contribution < 1.29 is 19.4 Å². The van der Waals surface area contributed by atoms with Crippen LogP contribution in [0.15, 0.2) is 5.38 Å². The van der Waals surface area contributed by atoms with Crippen LogP contribution in [0.5, 0.6) is 0 Å². The van der Waals surface area contributed by atoms with Crippen molar-refractivity contribution in [2.45, 2.75) is 32.3 Å². The molecule has 7 heteroatoms. The number of hydrogen-bond donors (Lipinski definition) is 1. The van der Waals surface area contributed by atoms with Gasteiger partial charge in [0.05, 0.1) is 18.2 Å². The normalized spacial score (nSPS) is 19.9. The average Bonchev–Trinajstić information content (AvgIpc) is 2.87. The summed E-state index contributed by atoms with van der Waals surface area (Å²) >= 11 is 1.45. The molecule has 0 aliphatic carbocycles. The molecule has 0 saturated carbocycles. The number of aliphatic carboxylic acids is 1. The third-order valence-electron chi connectivity index (χ3n) is 2.99. The number of carboxylic acids is 1. The van der Waals surface area contributed by atoms with E-state index in [2.05, 4.69) is 4.98 Å². The highest BCUT2D eigenvalue weighted by molar-refractivity contribution is 7.10. The number of ether oxygens (including phenoxy) is 1. The summed E-state index contributed by atoms with van der Waals surface area (Å²) in [6.07, 6.45) is -0.951. The van der Waals surface area contributed by atoms with Gasteiger partial charge < -0.3 is 14.7 Å². The molecular formula is C13H18N2O4S. The number of aromatic nitrogens is 1. The summed E-state index contributed by atoms with van der Waals surface area (Å²) in [4.78, 5) is 29.1. The van der Waals surface area contributed by atoms with Gasteiger partial charge in [-0.05, 0) is 0 Å². The van der Waals surface area contributed by atoms with Crippen LogP contribution >= 0.6 is 11.3 Å². The van der Waals surface area contributed by atoms with Gasteiger partial charge in [-0.1, -0.05) is 20.8 Å². The van der Waals surface area contributed by atoms with Gasteiger partial charge in [-0.15, -0.1) is 11.3 Å². The molecule has 6 nitrogen and oxygen atoms in total. The summed E-state index contributed by atoms with van der Waals surface area (Å²) in [6, 6.07) is 0. The molecule has 0 bridgehead atoms. The maximum Gasteiger partial charge on any atom is 0.334 e. The van der Waals surface area contributed by atoms with E-state index in [1.807, 2.05) is 20.8 Å². The molecule has 1 aromatic rings. The van der Waals surface area contributed by atoms with Gasteiger partial charge in [0, 0.05) is 17.3 Å². The molecule has 0 spiro atoms. The molecule has 1 atom stereocenters. The highest BCUT2D eigenvalue weighted by Crippen LogP contribution is 2.26. The Labute approximate surface area is 121 Å². The Morgan fingerprint density at radius 1 is 1.50 bits per heavy atom. The molecular weight excluding hydrogens is 280 g/mol. The van der Waals surface area contributed by atoms with Crippen molar-refractivity contribution in [3.63, 3.8) is 0 Å². The molecule has 0 radical (unpaired) electrons. The minimum Gasteiger partial charge on any atom is -0.479 e. The van der Waals surface area contributed by atoms with E-state index >= 15 is 0 Å². The van der Waals surface area contributed by atoms with Crippen molar-refractivity contribution >= 4 is 23.2 Å². The quantitative estimate of drug-likeness (QED) is 0.892. The molecule has 1 aromatic heterocycles. The van der Waals surface area contributed by atoms with E-state index in [4.69, 9.17) is 9.84 Å². The van der Waals surface area contributed by atoms with E-state index in [0.717, 1.165) is 5.01 Å². The molecule has 2 heterocycles. The second-order valence-electron chi connectivity index (χ2n) is 5.74. The van der Waals surface area contributed by atoms with Crippen LogP contribution in [0, 0.1) is 0 Å². The van der Waals surface area contributed by atoms with Crippen LogP contribution in [0.4, 0.5) is 0 Å². The lowest BCUT2D eigenvalue weighted by atomic mass is 9.98. The van der Waals surface area contributed by atoms with E-state index in [1.165, 1.54) is 16.2 Å². The fourth-order valence-electron chi connectivity index (χ4n) is 1.86. The minimum atomic E-state index is -1.05. The Morgan fingerprint density at radius 2 is 2.20 bits per heavy atom. The van der Waals surface area contributed by atoms with Gasteiger partial charge in [0.25, 0.3) is 5.91 Å². The van der Waals surface area contributed by atoms with Gasteiger partial charge >= 0.3 is 5.97 Å². The number of amides is 1. The Kier molecular flexibility index (Phi) is 4.10. The number of rotatable bonds is 2. The van der Waals surface area contributed by atoms with Crippen LogP contribution in [0.1, 0.15) is 36.3 Å². The number of carbonyl (C=O) groups excluding carboxylic acids is 1. The molecule has 1 aliphatic rings. The van der Waals surface area contributed by atoms with Crippen molar-refractivity contribution in [3.8, 4) is 0 Å². The summed E-state index contributed by atoms with van der Waals surface area (Å²) < 4.78 is 5.10. The molecule has 1 amide bonds. The summed E-state index contributed by atoms with van der Waals surface area (Å²) in [5.74, 6) is -1.28. The zero-order valence-corrected chi connectivity index (χ0v) is 12.6. The summed E-state index contributed by atoms with van der Waals surface area (Å²) in [6.45, 7) is 6.81. The predicted octanol–water partition coefficient (Wildman–Crippen LogP) is 1.37. The van der Waals surface area contributed by atoms with Gasteiger partial charge in [-0.3, -0.25) is 4.79 Å². The van der Waals surface area contributed by atoms with Gasteiger partial charge in [-0.2, -0.15) is 0 Å². The molecule has 20 heavy (non-hydrogen) atoms. The highest BCUT2D eigenvalue weighted by Gasteiger charge is 2.31. The fraction of sp³-hybridized carbons (Fsp3) is 0.615. The smallest absolute Gasteiger partial charge is 0.334 e. The molecule has 0 aromatic carbocycles. The molecule has 1 aliphatic heterocycles. The summed E-state index contributed by atoms with van der Waals surface area (Å²) in [7, 11) is 0. The standard InChI is InChI=1S/C13H18N2O4S/c1-13(2,3)12-14-8(7-20-12)10(16)15-4-5-19-9(6-15)11(17)18/h7,9H,4-6H2,1-3H3,(H,17,18). The second-order valence-corrected chi connectivity index (χ2v) is 6.59. The Morgan fingerprint density at radius 3 is 2.75 bits per heavy atom. The lowest BCUT2D eigenvalue weighted by molar-refractivity contribution is -0.154. The monoisotopic (exact) mass is 298 g/mol.